The third-order valence-electron chi connectivity index (χ3n) is 2.94. The van der Waals surface area contributed by atoms with Crippen molar-refractivity contribution >= 4 is 16.7 Å². The number of hydrogen-bond donors (Lipinski definition) is 1. The molecule has 92 valence electrons. The summed E-state index contributed by atoms with van der Waals surface area (Å²) in [5, 5.41) is 0. The Balaban J connectivity index is 2.18. The molecule has 0 aliphatic carbocycles. The molecule has 0 unspecified atom stereocenters. The highest BCUT2D eigenvalue weighted by molar-refractivity contribution is 5.79. The van der Waals surface area contributed by atoms with Crippen molar-refractivity contribution < 1.29 is 4.74 Å². The number of ether oxygens (including phenoxy) is 1. The summed E-state index contributed by atoms with van der Waals surface area (Å²) in [4.78, 5) is 4.52. The normalized spacial score (nSPS) is 11.2. The van der Waals surface area contributed by atoms with Crippen LogP contribution in [0.3, 0.4) is 0 Å². The van der Waals surface area contributed by atoms with Gasteiger partial charge in [0.15, 0.2) is 0 Å². The van der Waals surface area contributed by atoms with Gasteiger partial charge in [-0.15, -0.1) is 0 Å². The Morgan fingerprint density at radius 2 is 2.18 bits per heavy atom. The molecule has 4 nitrogen and oxygen atoms in total. The maximum atomic E-state index is 5.76. The second-order valence-electron chi connectivity index (χ2n) is 4.26. The van der Waals surface area contributed by atoms with E-state index in [4.69, 9.17) is 10.5 Å². The molecule has 0 saturated heterocycles. The molecule has 0 spiro atoms. The third kappa shape index (κ3) is 2.58. The summed E-state index contributed by atoms with van der Waals surface area (Å²) in [6.07, 6.45) is 2.18. The molecule has 0 radical (unpaired) electrons. The van der Waals surface area contributed by atoms with E-state index in [9.17, 15) is 0 Å². The van der Waals surface area contributed by atoms with Gasteiger partial charge >= 0.3 is 0 Å². The molecule has 0 bridgehead atoms. The van der Waals surface area contributed by atoms with Crippen LogP contribution in [0.4, 0.5) is 5.69 Å². The Hall–Kier alpha value is -1.55. The second kappa shape index (κ2) is 5.19. The Morgan fingerprint density at radius 3 is 2.94 bits per heavy atom. The summed E-state index contributed by atoms with van der Waals surface area (Å²) in [6, 6.07) is 5.89. The molecule has 2 rings (SSSR count). The molecule has 1 aromatic heterocycles. The van der Waals surface area contributed by atoms with Crippen molar-refractivity contribution in [1.29, 1.82) is 0 Å². The molecule has 1 heterocycles. The summed E-state index contributed by atoms with van der Waals surface area (Å²) in [7, 11) is 1.74. The van der Waals surface area contributed by atoms with Gasteiger partial charge < -0.3 is 15.0 Å². The summed E-state index contributed by atoms with van der Waals surface area (Å²) >= 11 is 0. The number of benzene rings is 1. The van der Waals surface area contributed by atoms with E-state index in [1.807, 2.05) is 25.1 Å². The first-order valence-electron chi connectivity index (χ1n) is 5.93. The SMILES string of the molecule is COCCCCn1c(C)nc2cc(N)ccc21. The zero-order valence-corrected chi connectivity index (χ0v) is 10.4. The number of aryl methyl sites for hydroxylation is 2. The van der Waals surface area contributed by atoms with Crippen LogP contribution in [0.25, 0.3) is 11.0 Å². The van der Waals surface area contributed by atoms with Crippen molar-refractivity contribution in [3.63, 3.8) is 0 Å². The molecule has 17 heavy (non-hydrogen) atoms. The third-order valence-corrected chi connectivity index (χ3v) is 2.94. The zero-order chi connectivity index (χ0) is 12.3. The first kappa shape index (κ1) is 11.9. The van der Waals surface area contributed by atoms with Gasteiger partial charge in [0.2, 0.25) is 0 Å². The van der Waals surface area contributed by atoms with Gasteiger partial charge in [0.25, 0.3) is 0 Å². The topological polar surface area (TPSA) is 53.1 Å². The van der Waals surface area contributed by atoms with Gasteiger partial charge in [0, 0.05) is 25.9 Å². The molecule has 4 heteroatoms. The van der Waals surface area contributed by atoms with E-state index in [0.717, 1.165) is 48.5 Å². The number of unbranched alkanes of at least 4 members (excludes halogenated alkanes) is 1. The number of methoxy groups -OCH3 is 1. The summed E-state index contributed by atoms with van der Waals surface area (Å²) < 4.78 is 7.29. The van der Waals surface area contributed by atoms with Gasteiger partial charge in [0.05, 0.1) is 11.0 Å². The van der Waals surface area contributed by atoms with E-state index < -0.39 is 0 Å². The van der Waals surface area contributed by atoms with Gasteiger partial charge in [-0.05, 0) is 38.0 Å². The van der Waals surface area contributed by atoms with Gasteiger partial charge in [-0.1, -0.05) is 0 Å². The predicted molar refractivity (Wildman–Crippen MR) is 70.0 cm³/mol. The average Bonchev–Trinajstić information content (AvgIpc) is 2.60. The number of aromatic nitrogens is 2. The van der Waals surface area contributed by atoms with Crippen molar-refractivity contribution in [2.24, 2.45) is 0 Å². The van der Waals surface area contributed by atoms with E-state index in [1.165, 1.54) is 0 Å². The van der Waals surface area contributed by atoms with Gasteiger partial charge in [0.1, 0.15) is 5.82 Å². The average molecular weight is 233 g/mol. The fourth-order valence-electron chi connectivity index (χ4n) is 2.07. The number of fused-ring (bicyclic) bond motifs is 1. The highest BCUT2D eigenvalue weighted by Crippen LogP contribution is 2.19. The Bertz CT molecular complexity index is 505. The molecule has 0 fully saturated rings. The minimum Gasteiger partial charge on any atom is -0.399 e. The molecule has 1 aromatic carbocycles. The highest BCUT2D eigenvalue weighted by Gasteiger charge is 2.06. The lowest BCUT2D eigenvalue weighted by Crippen LogP contribution is -2.02. The number of rotatable bonds is 5. The van der Waals surface area contributed by atoms with Crippen molar-refractivity contribution in [1.82, 2.24) is 9.55 Å². The van der Waals surface area contributed by atoms with Gasteiger partial charge in [-0.2, -0.15) is 0 Å². The first-order valence-corrected chi connectivity index (χ1v) is 5.93. The highest BCUT2D eigenvalue weighted by atomic mass is 16.5. The fourth-order valence-corrected chi connectivity index (χ4v) is 2.07. The lowest BCUT2D eigenvalue weighted by Gasteiger charge is -2.06. The van der Waals surface area contributed by atoms with Crippen molar-refractivity contribution in [2.75, 3.05) is 19.5 Å². The van der Waals surface area contributed by atoms with E-state index in [2.05, 4.69) is 9.55 Å². The smallest absolute Gasteiger partial charge is 0.106 e. The van der Waals surface area contributed by atoms with Gasteiger partial charge in [-0.25, -0.2) is 4.98 Å². The van der Waals surface area contributed by atoms with Crippen LogP contribution in [0.5, 0.6) is 0 Å². The number of imidazole rings is 1. The van der Waals surface area contributed by atoms with Crippen molar-refractivity contribution in [2.45, 2.75) is 26.3 Å². The molecule has 0 amide bonds. The minimum atomic E-state index is 0.765. The fraction of sp³-hybridized carbons (Fsp3) is 0.462. The monoisotopic (exact) mass is 233 g/mol. The minimum absolute atomic E-state index is 0.765. The van der Waals surface area contributed by atoms with E-state index >= 15 is 0 Å². The molecular formula is C13H19N3O. The standard InChI is InChI=1S/C13H19N3O/c1-10-15-12-9-11(14)5-6-13(12)16(10)7-3-4-8-17-2/h5-6,9H,3-4,7-8,14H2,1-2H3. The Labute approximate surface area is 101 Å². The lowest BCUT2D eigenvalue weighted by atomic mass is 10.2. The zero-order valence-electron chi connectivity index (χ0n) is 10.4. The molecule has 2 N–H and O–H groups in total. The summed E-state index contributed by atoms with van der Waals surface area (Å²) in [5.41, 5.74) is 8.66. The maximum absolute atomic E-state index is 5.76. The Kier molecular flexibility index (Phi) is 3.64. The lowest BCUT2D eigenvalue weighted by molar-refractivity contribution is 0.191. The number of nitrogens with zero attached hydrogens (tertiary/aromatic N) is 2. The van der Waals surface area contributed by atoms with Crippen LogP contribution in [0.1, 0.15) is 18.7 Å². The number of nitrogens with two attached hydrogens (primary N) is 1. The van der Waals surface area contributed by atoms with E-state index in [-0.39, 0.29) is 0 Å². The molecular weight excluding hydrogens is 214 g/mol. The maximum Gasteiger partial charge on any atom is 0.106 e. The molecule has 0 atom stereocenters. The second-order valence-corrected chi connectivity index (χ2v) is 4.26. The first-order chi connectivity index (χ1) is 8.22. The van der Waals surface area contributed by atoms with Crippen molar-refractivity contribution in [3.8, 4) is 0 Å². The van der Waals surface area contributed by atoms with Crippen LogP contribution >= 0.6 is 0 Å². The number of hydrogen-bond acceptors (Lipinski definition) is 3. The van der Waals surface area contributed by atoms with Gasteiger partial charge in [-0.3, -0.25) is 0 Å². The summed E-state index contributed by atoms with van der Waals surface area (Å²) in [5.74, 6) is 1.04. The van der Waals surface area contributed by atoms with Crippen LogP contribution in [0, 0.1) is 6.92 Å². The summed E-state index contributed by atoms with van der Waals surface area (Å²) in [6.45, 7) is 3.83. The number of nitrogen functional groups attached to an aromatic ring is 1. The predicted octanol–water partition coefficient (Wildman–Crippen LogP) is 2.35. The van der Waals surface area contributed by atoms with Crippen molar-refractivity contribution in [3.05, 3.63) is 24.0 Å². The number of anilines is 1. The van der Waals surface area contributed by atoms with E-state index in [1.54, 1.807) is 7.11 Å². The molecule has 0 aliphatic heterocycles. The quantitative estimate of drug-likeness (QED) is 0.637. The Morgan fingerprint density at radius 1 is 1.35 bits per heavy atom. The van der Waals surface area contributed by atoms with Crippen LogP contribution in [0.15, 0.2) is 18.2 Å². The molecule has 0 saturated carbocycles. The van der Waals surface area contributed by atoms with E-state index in [0.29, 0.717) is 0 Å². The van der Waals surface area contributed by atoms with Crippen LogP contribution < -0.4 is 5.73 Å². The van der Waals surface area contributed by atoms with Crippen LogP contribution in [0.2, 0.25) is 0 Å². The van der Waals surface area contributed by atoms with Crippen LogP contribution in [-0.2, 0) is 11.3 Å². The molecule has 0 aliphatic rings. The molecule has 2 aromatic rings. The largest absolute Gasteiger partial charge is 0.399 e. The van der Waals surface area contributed by atoms with Crippen LogP contribution in [-0.4, -0.2) is 23.3 Å².